The third-order valence-electron chi connectivity index (χ3n) is 5.40. The molecule has 166 valence electrons. The van der Waals surface area contributed by atoms with Crippen LogP contribution in [0.25, 0.3) is 11.1 Å². The van der Waals surface area contributed by atoms with E-state index in [4.69, 9.17) is 11.0 Å². The summed E-state index contributed by atoms with van der Waals surface area (Å²) in [7, 11) is 1.34. The van der Waals surface area contributed by atoms with Gasteiger partial charge in [0.1, 0.15) is 11.5 Å². The van der Waals surface area contributed by atoms with Crippen molar-refractivity contribution in [3.8, 4) is 17.2 Å². The molecule has 1 aliphatic heterocycles. The molecule has 0 saturated carbocycles. The highest BCUT2D eigenvalue weighted by atomic mass is 19.4. The molecule has 6 nitrogen and oxygen atoms in total. The van der Waals surface area contributed by atoms with Gasteiger partial charge in [-0.1, -0.05) is 18.2 Å². The minimum atomic E-state index is -4.76. The highest BCUT2D eigenvalue weighted by molar-refractivity contribution is 6.09. The van der Waals surface area contributed by atoms with Crippen LogP contribution in [0.15, 0.2) is 65.8 Å². The second kappa shape index (κ2) is 7.70. The molecule has 2 aromatic carbocycles. The first kappa shape index (κ1) is 22.0. The fourth-order valence-corrected chi connectivity index (χ4v) is 3.72. The van der Waals surface area contributed by atoms with Gasteiger partial charge in [0.05, 0.1) is 11.6 Å². The lowest BCUT2D eigenvalue weighted by Crippen LogP contribution is -2.41. The molecule has 1 atom stereocenters. The third-order valence-corrected chi connectivity index (χ3v) is 5.40. The molecule has 0 radical (unpaired) electrons. The van der Waals surface area contributed by atoms with E-state index in [1.165, 1.54) is 31.3 Å². The molecule has 0 aliphatic carbocycles. The number of hydrogen-bond donors (Lipinski definition) is 1. The first-order chi connectivity index (χ1) is 15.6. The van der Waals surface area contributed by atoms with Crippen LogP contribution in [0.1, 0.15) is 22.4 Å². The molecular formula is C23H15F4N5O. The summed E-state index contributed by atoms with van der Waals surface area (Å²) < 4.78 is 54.8. The van der Waals surface area contributed by atoms with Crippen LogP contribution in [0.4, 0.5) is 17.6 Å². The zero-order valence-electron chi connectivity index (χ0n) is 17.1. The highest BCUT2D eigenvalue weighted by Gasteiger charge is 2.50. The van der Waals surface area contributed by atoms with Crippen molar-refractivity contribution in [2.75, 3.05) is 7.05 Å². The van der Waals surface area contributed by atoms with E-state index in [0.29, 0.717) is 5.56 Å². The van der Waals surface area contributed by atoms with Crippen molar-refractivity contribution in [1.29, 1.82) is 5.26 Å². The molecule has 2 N–H and O–H groups in total. The summed E-state index contributed by atoms with van der Waals surface area (Å²) >= 11 is 0. The minimum Gasteiger partial charge on any atom is -0.369 e. The average molecular weight is 453 g/mol. The molecule has 33 heavy (non-hydrogen) atoms. The SMILES string of the molecule is CN1C(=O)C(c2ccnc(C(F)(F)F)c2)(c2ccc(F)c(-c3cccc(C#N)c3)c2)N=C1N. The molecular weight excluding hydrogens is 438 g/mol. The summed E-state index contributed by atoms with van der Waals surface area (Å²) in [6, 6.07) is 13.8. The summed E-state index contributed by atoms with van der Waals surface area (Å²) in [5, 5.41) is 9.16. The predicted molar refractivity (Wildman–Crippen MR) is 111 cm³/mol. The zero-order chi connectivity index (χ0) is 24.0. The molecule has 1 amide bonds. The van der Waals surface area contributed by atoms with Gasteiger partial charge in [-0.15, -0.1) is 0 Å². The van der Waals surface area contributed by atoms with Crippen LogP contribution >= 0.6 is 0 Å². The van der Waals surface area contributed by atoms with E-state index in [0.717, 1.165) is 23.2 Å². The Kier molecular flexibility index (Phi) is 5.13. The van der Waals surface area contributed by atoms with Crippen molar-refractivity contribution in [3.05, 3.63) is 89.0 Å². The minimum absolute atomic E-state index is 0.0465. The molecule has 0 fully saturated rings. The van der Waals surface area contributed by atoms with Gasteiger partial charge in [-0.05, 0) is 53.1 Å². The van der Waals surface area contributed by atoms with Crippen molar-refractivity contribution < 1.29 is 22.4 Å². The van der Waals surface area contributed by atoms with E-state index in [9.17, 15) is 22.4 Å². The number of nitrogens with two attached hydrogens (primary N) is 1. The second-order valence-electron chi connectivity index (χ2n) is 7.36. The Morgan fingerprint density at radius 1 is 1.09 bits per heavy atom. The second-order valence-corrected chi connectivity index (χ2v) is 7.36. The maximum Gasteiger partial charge on any atom is 0.433 e. The maximum absolute atomic E-state index is 14.8. The molecule has 0 saturated heterocycles. The number of benzene rings is 2. The predicted octanol–water partition coefficient (Wildman–Crippen LogP) is 3.81. The molecule has 0 bridgehead atoms. The number of aromatic nitrogens is 1. The van der Waals surface area contributed by atoms with Gasteiger partial charge < -0.3 is 5.73 Å². The Bertz CT molecular complexity index is 1350. The van der Waals surface area contributed by atoms with Gasteiger partial charge in [0, 0.05) is 18.8 Å². The van der Waals surface area contributed by atoms with Gasteiger partial charge in [0.2, 0.25) is 0 Å². The summed E-state index contributed by atoms with van der Waals surface area (Å²) in [4.78, 5) is 21.9. The van der Waals surface area contributed by atoms with E-state index < -0.39 is 29.1 Å². The first-order valence-corrected chi connectivity index (χ1v) is 9.55. The zero-order valence-corrected chi connectivity index (χ0v) is 17.1. The van der Waals surface area contributed by atoms with Crippen LogP contribution in [-0.2, 0) is 16.5 Å². The number of aliphatic imine (C=N–C) groups is 1. The van der Waals surface area contributed by atoms with Crippen molar-refractivity contribution in [2.24, 2.45) is 10.7 Å². The van der Waals surface area contributed by atoms with Crippen LogP contribution in [-0.4, -0.2) is 28.8 Å². The molecule has 1 unspecified atom stereocenters. The molecule has 10 heteroatoms. The van der Waals surface area contributed by atoms with E-state index in [-0.39, 0.29) is 28.2 Å². The third kappa shape index (κ3) is 3.57. The number of carbonyl (C=O) groups is 1. The van der Waals surface area contributed by atoms with Gasteiger partial charge in [0.15, 0.2) is 11.5 Å². The lowest BCUT2D eigenvalue weighted by molar-refractivity contribution is -0.141. The van der Waals surface area contributed by atoms with Gasteiger partial charge in [-0.25, -0.2) is 9.38 Å². The van der Waals surface area contributed by atoms with Crippen LogP contribution in [0.3, 0.4) is 0 Å². The first-order valence-electron chi connectivity index (χ1n) is 9.55. The number of nitriles is 1. The van der Waals surface area contributed by atoms with Gasteiger partial charge in [0.25, 0.3) is 5.91 Å². The van der Waals surface area contributed by atoms with Gasteiger partial charge >= 0.3 is 6.18 Å². The number of halogens is 4. The maximum atomic E-state index is 14.8. The molecule has 1 aromatic heterocycles. The average Bonchev–Trinajstić information content (AvgIpc) is 3.03. The standard InChI is InChI=1S/C23H15F4N5O/c1-32-20(33)22(31-21(32)29,16-7-8-30-19(11-16)23(25,26)27)15-5-6-18(24)17(10-15)14-4-2-3-13(9-14)12-28/h2-11H,1H3,(H2,29,31). The van der Waals surface area contributed by atoms with Crippen LogP contribution in [0, 0.1) is 17.1 Å². The number of likely N-dealkylation sites (N-methyl/N-ethyl adjacent to an activating group) is 1. The summed E-state index contributed by atoms with van der Waals surface area (Å²) in [5.41, 5.74) is 3.36. The highest BCUT2D eigenvalue weighted by Crippen LogP contribution is 2.42. The number of carbonyl (C=O) groups excluding carboxylic acids is 1. The van der Waals surface area contributed by atoms with E-state index in [1.54, 1.807) is 18.2 Å². The van der Waals surface area contributed by atoms with Crippen molar-refractivity contribution >= 4 is 11.9 Å². The molecule has 3 aromatic rings. The number of guanidine groups is 1. The number of rotatable bonds is 3. The largest absolute Gasteiger partial charge is 0.433 e. The Balaban J connectivity index is 1.98. The Morgan fingerprint density at radius 3 is 2.45 bits per heavy atom. The monoisotopic (exact) mass is 453 g/mol. The Hall–Kier alpha value is -4.26. The lowest BCUT2D eigenvalue weighted by atomic mass is 9.81. The Morgan fingerprint density at radius 2 is 1.82 bits per heavy atom. The molecule has 0 spiro atoms. The smallest absolute Gasteiger partial charge is 0.369 e. The van der Waals surface area contributed by atoms with Crippen molar-refractivity contribution in [2.45, 2.75) is 11.7 Å². The quantitative estimate of drug-likeness (QED) is 0.610. The topological polar surface area (TPSA) is 95.4 Å². The summed E-state index contributed by atoms with van der Waals surface area (Å²) in [5.74, 6) is -1.56. The number of pyridine rings is 1. The van der Waals surface area contributed by atoms with Crippen LogP contribution in [0.2, 0.25) is 0 Å². The van der Waals surface area contributed by atoms with Crippen LogP contribution < -0.4 is 5.73 Å². The summed E-state index contributed by atoms with van der Waals surface area (Å²) in [6.45, 7) is 0. The Labute approximate surface area is 185 Å². The molecule has 2 heterocycles. The molecule has 1 aliphatic rings. The van der Waals surface area contributed by atoms with Crippen molar-refractivity contribution in [3.63, 3.8) is 0 Å². The number of hydrogen-bond acceptors (Lipinski definition) is 5. The molecule has 4 rings (SSSR count). The van der Waals surface area contributed by atoms with E-state index in [1.807, 2.05) is 6.07 Å². The van der Waals surface area contributed by atoms with Gasteiger partial charge in [-0.2, -0.15) is 18.4 Å². The van der Waals surface area contributed by atoms with Crippen LogP contribution in [0.5, 0.6) is 0 Å². The summed E-state index contributed by atoms with van der Waals surface area (Å²) in [6.07, 6.45) is -3.83. The number of amides is 1. The van der Waals surface area contributed by atoms with Crippen molar-refractivity contribution in [1.82, 2.24) is 9.88 Å². The number of alkyl halides is 3. The van der Waals surface area contributed by atoms with E-state index >= 15 is 0 Å². The fourth-order valence-electron chi connectivity index (χ4n) is 3.72. The van der Waals surface area contributed by atoms with Gasteiger partial charge in [-0.3, -0.25) is 14.7 Å². The lowest BCUT2D eigenvalue weighted by Gasteiger charge is -2.27. The fraction of sp³-hybridized carbons (Fsp3) is 0.130. The van der Waals surface area contributed by atoms with E-state index in [2.05, 4.69) is 9.98 Å². The number of nitrogens with zero attached hydrogens (tertiary/aromatic N) is 4. The normalized spacial score (nSPS) is 18.2.